The summed E-state index contributed by atoms with van der Waals surface area (Å²) >= 11 is 0. The number of hydrogen-bond donors (Lipinski definition) is 1. The molecule has 2 heterocycles. The number of Topliss-reactive ketones (excluding diaryl/α,β-unsaturated/α-hetero) is 1. The largest absolute Gasteiger partial charge is 0.490 e. The first kappa shape index (κ1) is 21.4. The Hall–Kier alpha value is -3.35. The van der Waals surface area contributed by atoms with Crippen LogP contribution in [0.3, 0.4) is 0 Å². The van der Waals surface area contributed by atoms with E-state index in [-0.39, 0.29) is 5.78 Å². The molecule has 0 bridgehead atoms. The number of carboxylic acids is 1. The topological polar surface area (TPSA) is 90.1 Å². The number of aromatic nitrogens is 2. The van der Waals surface area contributed by atoms with Gasteiger partial charge in [0, 0.05) is 12.6 Å². The maximum Gasteiger partial charge on any atom is 0.347 e. The summed E-state index contributed by atoms with van der Waals surface area (Å²) in [4.78, 5) is 28.8. The molecule has 1 aromatic carbocycles. The number of carbonyl (C=O) groups excluding carboxylic acids is 1. The number of pyridine rings is 1. The van der Waals surface area contributed by atoms with Crippen molar-refractivity contribution in [1.29, 1.82) is 0 Å². The molecule has 0 spiro atoms. The van der Waals surface area contributed by atoms with Gasteiger partial charge in [0.1, 0.15) is 11.4 Å². The molecule has 0 aliphatic heterocycles. The zero-order valence-electron chi connectivity index (χ0n) is 17.6. The Morgan fingerprint density at radius 1 is 1.20 bits per heavy atom. The van der Waals surface area contributed by atoms with Crippen LogP contribution in [0, 0.1) is 6.92 Å². The second kappa shape index (κ2) is 8.57. The number of hydrogen-bond acceptors (Lipinski definition) is 5. The lowest BCUT2D eigenvalue weighted by molar-refractivity contribution is -0.152. The molecule has 7 nitrogen and oxygen atoms in total. The number of aryl methyl sites for hydroxylation is 2. The average molecular weight is 410 g/mol. The summed E-state index contributed by atoms with van der Waals surface area (Å²) in [7, 11) is 0. The first-order valence-corrected chi connectivity index (χ1v) is 9.88. The number of aliphatic carboxylic acids is 1. The van der Waals surface area contributed by atoms with E-state index < -0.39 is 11.6 Å². The molecule has 30 heavy (non-hydrogen) atoms. The number of ether oxygens (including phenoxy) is 2. The maximum absolute atomic E-state index is 13.0. The van der Waals surface area contributed by atoms with Crippen LogP contribution in [0.2, 0.25) is 0 Å². The molecule has 1 N–H and O–H groups in total. The van der Waals surface area contributed by atoms with Gasteiger partial charge in [-0.25, -0.2) is 9.78 Å². The molecule has 0 radical (unpaired) electrons. The Balaban J connectivity index is 1.77. The highest BCUT2D eigenvalue weighted by molar-refractivity contribution is 5.96. The summed E-state index contributed by atoms with van der Waals surface area (Å²) in [6.07, 6.45) is 2.61. The molecule has 0 unspecified atom stereocenters. The minimum atomic E-state index is -1.33. The normalized spacial score (nSPS) is 11.5. The van der Waals surface area contributed by atoms with Crippen molar-refractivity contribution in [3.8, 4) is 11.5 Å². The van der Waals surface area contributed by atoms with Gasteiger partial charge in [-0.15, -0.1) is 0 Å². The van der Waals surface area contributed by atoms with E-state index in [0.717, 1.165) is 5.56 Å². The van der Waals surface area contributed by atoms with Crippen molar-refractivity contribution in [3.05, 3.63) is 59.5 Å². The third-order valence-electron chi connectivity index (χ3n) is 4.78. The van der Waals surface area contributed by atoms with Crippen molar-refractivity contribution < 1.29 is 24.2 Å². The molecule has 0 aliphatic rings. The van der Waals surface area contributed by atoms with Crippen molar-refractivity contribution in [3.63, 3.8) is 0 Å². The predicted molar refractivity (Wildman–Crippen MR) is 113 cm³/mol. The molecule has 0 saturated heterocycles. The Bertz CT molecular complexity index is 1080. The summed E-state index contributed by atoms with van der Waals surface area (Å²) in [6.45, 7) is 7.23. The number of ketones is 1. The molecule has 2 aromatic heterocycles. The second-order valence-corrected chi connectivity index (χ2v) is 7.53. The van der Waals surface area contributed by atoms with Crippen molar-refractivity contribution in [1.82, 2.24) is 9.38 Å². The van der Waals surface area contributed by atoms with E-state index in [4.69, 9.17) is 9.47 Å². The van der Waals surface area contributed by atoms with Crippen molar-refractivity contribution in [2.24, 2.45) is 0 Å². The lowest BCUT2D eigenvalue weighted by Gasteiger charge is -2.21. The third-order valence-corrected chi connectivity index (χ3v) is 4.78. The van der Waals surface area contributed by atoms with Gasteiger partial charge in [0.2, 0.25) is 0 Å². The lowest BCUT2D eigenvalue weighted by Crippen LogP contribution is -2.37. The summed E-state index contributed by atoms with van der Waals surface area (Å²) in [5.41, 5.74) is 1.40. The van der Waals surface area contributed by atoms with E-state index in [0.29, 0.717) is 48.0 Å². The number of benzene rings is 1. The first-order valence-electron chi connectivity index (χ1n) is 9.88. The van der Waals surface area contributed by atoms with Crippen LogP contribution in [0.1, 0.15) is 48.9 Å². The predicted octanol–water partition coefficient (Wildman–Crippen LogP) is 4.10. The number of rotatable bonds is 9. The van der Waals surface area contributed by atoms with Gasteiger partial charge >= 0.3 is 5.97 Å². The molecule has 158 valence electrons. The first-order chi connectivity index (χ1) is 14.2. The fraction of sp³-hybridized carbons (Fsp3) is 0.348. The Kier molecular flexibility index (Phi) is 6.10. The van der Waals surface area contributed by atoms with Gasteiger partial charge in [0.25, 0.3) is 0 Å². The van der Waals surface area contributed by atoms with E-state index in [9.17, 15) is 14.7 Å². The zero-order chi connectivity index (χ0) is 21.9. The SMILES string of the molecule is CCOc1cccn2c(C(=O)CCc3cccc(OC(C)(C)C(=O)O)c3)c(C)nc12. The smallest absolute Gasteiger partial charge is 0.347 e. The average Bonchev–Trinajstić information content (AvgIpc) is 3.03. The lowest BCUT2D eigenvalue weighted by atomic mass is 10.0. The van der Waals surface area contributed by atoms with E-state index in [1.165, 1.54) is 13.8 Å². The van der Waals surface area contributed by atoms with Crippen LogP contribution >= 0.6 is 0 Å². The van der Waals surface area contributed by atoms with Crippen molar-refractivity contribution in [2.45, 2.75) is 46.1 Å². The minimum Gasteiger partial charge on any atom is -0.490 e. The molecule has 3 rings (SSSR count). The van der Waals surface area contributed by atoms with Crippen LogP contribution in [0.4, 0.5) is 0 Å². The zero-order valence-corrected chi connectivity index (χ0v) is 17.6. The number of nitrogens with zero attached hydrogens (tertiary/aromatic N) is 2. The summed E-state index contributed by atoms with van der Waals surface area (Å²) in [5, 5.41) is 9.23. The highest BCUT2D eigenvalue weighted by atomic mass is 16.5. The summed E-state index contributed by atoms with van der Waals surface area (Å²) < 4.78 is 13.0. The van der Waals surface area contributed by atoms with Crippen LogP contribution in [0.5, 0.6) is 11.5 Å². The quantitative estimate of drug-likeness (QED) is 0.534. The van der Waals surface area contributed by atoms with E-state index in [1.807, 2.05) is 38.2 Å². The fourth-order valence-electron chi connectivity index (χ4n) is 3.24. The highest BCUT2D eigenvalue weighted by Gasteiger charge is 2.29. The number of carbonyl (C=O) groups is 2. The molecule has 7 heteroatoms. The number of imidazole rings is 1. The summed E-state index contributed by atoms with van der Waals surface area (Å²) in [6, 6.07) is 10.8. The van der Waals surface area contributed by atoms with Gasteiger partial charge in [-0.2, -0.15) is 0 Å². The fourth-order valence-corrected chi connectivity index (χ4v) is 3.24. The van der Waals surface area contributed by atoms with Crippen LogP contribution in [-0.4, -0.2) is 38.5 Å². The minimum absolute atomic E-state index is 0.0224. The maximum atomic E-state index is 13.0. The van der Waals surface area contributed by atoms with Crippen molar-refractivity contribution >= 4 is 17.4 Å². The molecule has 0 amide bonds. The molecular weight excluding hydrogens is 384 g/mol. The highest BCUT2D eigenvalue weighted by Crippen LogP contribution is 2.24. The second-order valence-electron chi connectivity index (χ2n) is 7.53. The van der Waals surface area contributed by atoms with E-state index in [1.54, 1.807) is 22.6 Å². The van der Waals surface area contributed by atoms with E-state index >= 15 is 0 Å². The number of carboxylic acid groups (broad SMARTS) is 1. The Labute approximate surface area is 175 Å². The molecular formula is C23H26N2O5. The van der Waals surface area contributed by atoms with Gasteiger partial charge in [0.05, 0.1) is 12.3 Å². The monoisotopic (exact) mass is 410 g/mol. The van der Waals surface area contributed by atoms with Crippen LogP contribution in [-0.2, 0) is 11.2 Å². The van der Waals surface area contributed by atoms with Gasteiger partial charge in [0.15, 0.2) is 22.8 Å². The molecule has 0 fully saturated rings. The van der Waals surface area contributed by atoms with Gasteiger partial charge in [-0.05, 0) is 63.9 Å². The molecule has 0 atom stereocenters. The standard InChI is InChI=1S/C23H26N2O5/c1-5-29-19-10-7-13-25-20(15(2)24-21(19)25)18(26)12-11-16-8-6-9-17(14-16)30-23(3,4)22(27)28/h6-10,13-14H,5,11-12H2,1-4H3,(H,27,28). The van der Waals surface area contributed by atoms with Crippen LogP contribution in [0.25, 0.3) is 5.65 Å². The van der Waals surface area contributed by atoms with Gasteiger partial charge in [-0.3, -0.25) is 9.20 Å². The van der Waals surface area contributed by atoms with E-state index in [2.05, 4.69) is 4.98 Å². The summed E-state index contributed by atoms with van der Waals surface area (Å²) in [5.74, 6) is 0.0381. The molecule has 3 aromatic rings. The Morgan fingerprint density at radius 3 is 2.67 bits per heavy atom. The Morgan fingerprint density at radius 2 is 1.97 bits per heavy atom. The molecule has 0 aliphatic carbocycles. The number of fused-ring (bicyclic) bond motifs is 1. The van der Waals surface area contributed by atoms with Gasteiger partial charge in [-0.1, -0.05) is 12.1 Å². The third kappa shape index (κ3) is 4.45. The van der Waals surface area contributed by atoms with Crippen LogP contribution < -0.4 is 9.47 Å². The van der Waals surface area contributed by atoms with Crippen molar-refractivity contribution in [2.75, 3.05) is 6.61 Å². The van der Waals surface area contributed by atoms with Crippen LogP contribution in [0.15, 0.2) is 42.6 Å². The van der Waals surface area contributed by atoms with Gasteiger partial charge < -0.3 is 14.6 Å². The molecule has 0 saturated carbocycles.